The first kappa shape index (κ1) is 17.5. The highest BCUT2D eigenvalue weighted by molar-refractivity contribution is 5.96. The number of nitrogens with one attached hydrogen (secondary N) is 1. The first-order valence-electron chi connectivity index (χ1n) is 8.40. The molecule has 1 aliphatic heterocycles. The summed E-state index contributed by atoms with van der Waals surface area (Å²) in [6.07, 6.45) is 0. The van der Waals surface area contributed by atoms with Crippen molar-refractivity contribution in [2.45, 2.75) is 6.61 Å². The van der Waals surface area contributed by atoms with E-state index in [-0.39, 0.29) is 25.8 Å². The Balaban J connectivity index is 1.26. The van der Waals surface area contributed by atoms with Crippen LogP contribution in [-0.4, -0.2) is 35.4 Å². The second kappa shape index (κ2) is 7.78. The van der Waals surface area contributed by atoms with E-state index in [0.717, 1.165) is 5.56 Å². The average Bonchev–Trinajstić information content (AvgIpc) is 3.40. The highest BCUT2D eigenvalue weighted by Gasteiger charge is 2.17. The summed E-state index contributed by atoms with van der Waals surface area (Å²) in [5, 5.41) is 10.2. The molecule has 1 aromatic heterocycles. The Morgan fingerprint density at radius 2 is 1.86 bits per heavy atom. The standard InChI is InChI=1S/C19H15N3O6/c23-17(9-20-18(24)13-6-7-14-15(8-13)27-11-26-14)25-10-16-21-22-19(28-16)12-4-2-1-3-5-12/h1-8H,9-11H2,(H,20,24). The van der Waals surface area contributed by atoms with Gasteiger partial charge in [0, 0.05) is 11.1 Å². The number of hydrogen-bond donors (Lipinski definition) is 1. The molecule has 2 aromatic carbocycles. The number of carbonyl (C=O) groups excluding carboxylic acids is 2. The topological polar surface area (TPSA) is 113 Å². The van der Waals surface area contributed by atoms with Gasteiger partial charge in [-0.1, -0.05) is 18.2 Å². The van der Waals surface area contributed by atoms with Gasteiger partial charge in [-0.05, 0) is 30.3 Å². The maximum Gasteiger partial charge on any atom is 0.325 e. The lowest BCUT2D eigenvalue weighted by Crippen LogP contribution is -2.30. The van der Waals surface area contributed by atoms with Crippen LogP contribution in [0.2, 0.25) is 0 Å². The normalized spacial score (nSPS) is 11.9. The van der Waals surface area contributed by atoms with Crippen molar-refractivity contribution in [3.8, 4) is 23.0 Å². The van der Waals surface area contributed by atoms with Gasteiger partial charge in [-0.15, -0.1) is 10.2 Å². The number of aromatic nitrogens is 2. The number of carbonyl (C=O) groups is 2. The lowest BCUT2D eigenvalue weighted by Gasteiger charge is -2.06. The predicted octanol–water partition coefficient (Wildman–Crippen LogP) is 1.94. The molecule has 9 nitrogen and oxygen atoms in total. The molecule has 2 heterocycles. The zero-order valence-corrected chi connectivity index (χ0v) is 14.6. The van der Waals surface area contributed by atoms with Crippen LogP contribution in [0.15, 0.2) is 52.9 Å². The van der Waals surface area contributed by atoms with Gasteiger partial charge < -0.3 is 23.9 Å². The molecule has 0 saturated carbocycles. The van der Waals surface area contributed by atoms with Crippen molar-refractivity contribution in [1.29, 1.82) is 0 Å². The third kappa shape index (κ3) is 3.93. The van der Waals surface area contributed by atoms with Crippen molar-refractivity contribution in [3.05, 3.63) is 60.0 Å². The van der Waals surface area contributed by atoms with Gasteiger partial charge in [-0.2, -0.15) is 0 Å². The van der Waals surface area contributed by atoms with Crippen LogP contribution in [0.1, 0.15) is 16.2 Å². The number of rotatable bonds is 6. The summed E-state index contributed by atoms with van der Waals surface area (Å²) in [6.45, 7) is -0.361. The van der Waals surface area contributed by atoms with Crippen LogP contribution in [0, 0.1) is 0 Å². The Labute approximate surface area is 159 Å². The van der Waals surface area contributed by atoms with Gasteiger partial charge >= 0.3 is 5.97 Å². The van der Waals surface area contributed by atoms with Gasteiger partial charge in [0.05, 0.1) is 0 Å². The number of nitrogens with zero attached hydrogens (tertiary/aromatic N) is 2. The number of amides is 1. The zero-order valence-electron chi connectivity index (χ0n) is 14.6. The molecule has 0 unspecified atom stereocenters. The molecule has 28 heavy (non-hydrogen) atoms. The van der Waals surface area contributed by atoms with E-state index in [2.05, 4.69) is 15.5 Å². The molecule has 9 heteroatoms. The number of esters is 1. The minimum atomic E-state index is -0.631. The molecule has 142 valence electrons. The largest absolute Gasteiger partial charge is 0.454 e. The minimum Gasteiger partial charge on any atom is -0.454 e. The molecule has 0 atom stereocenters. The van der Waals surface area contributed by atoms with Gasteiger partial charge in [0.1, 0.15) is 6.54 Å². The molecule has 0 bridgehead atoms. The van der Waals surface area contributed by atoms with Crippen LogP contribution in [0.3, 0.4) is 0 Å². The van der Waals surface area contributed by atoms with Crippen molar-refractivity contribution in [2.75, 3.05) is 13.3 Å². The van der Waals surface area contributed by atoms with E-state index in [0.29, 0.717) is 23.0 Å². The summed E-state index contributed by atoms with van der Waals surface area (Å²) in [6, 6.07) is 14.0. The van der Waals surface area contributed by atoms with E-state index < -0.39 is 11.9 Å². The van der Waals surface area contributed by atoms with Crippen molar-refractivity contribution >= 4 is 11.9 Å². The van der Waals surface area contributed by atoms with E-state index in [9.17, 15) is 9.59 Å². The van der Waals surface area contributed by atoms with Crippen molar-refractivity contribution < 1.29 is 28.2 Å². The highest BCUT2D eigenvalue weighted by Crippen LogP contribution is 2.32. The number of hydrogen-bond acceptors (Lipinski definition) is 8. The molecule has 3 aromatic rings. The molecule has 0 saturated heterocycles. The van der Waals surface area contributed by atoms with E-state index in [4.69, 9.17) is 18.6 Å². The van der Waals surface area contributed by atoms with Crippen LogP contribution in [0.25, 0.3) is 11.5 Å². The molecule has 1 N–H and O–H groups in total. The second-order valence-electron chi connectivity index (χ2n) is 5.78. The Kier molecular flexibility index (Phi) is 4.87. The summed E-state index contributed by atoms with van der Waals surface area (Å²) in [5.41, 5.74) is 1.12. The third-order valence-electron chi connectivity index (χ3n) is 3.87. The van der Waals surface area contributed by atoms with Crippen LogP contribution in [0.4, 0.5) is 0 Å². The number of ether oxygens (including phenoxy) is 3. The summed E-state index contributed by atoms with van der Waals surface area (Å²) < 4.78 is 20.9. The van der Waals surface area contributed by atoms with Crippen molar-refractivity contribution in [2.24, 2.45) is 0 Å². The number of fused-ring (bicyclic) bond motifs is 1. The fourth-order valence-corrected chi connectivity index (χ4v) is 2.49. The van der Waals surface area contributed by atoms with Gasteiger partial charge in [0.2, 0.25) is 12.7 Å². The Morgan fingerprint density at radius 3 is 2.71 bits per heavy atom. The molecule has 4 rings (SSSR count). The molecular formula is C19H15N3O6. The predicted molar refractivity (Wildman–Crippen MR) is 94.4 cm³/mol. The quantitative estimate of drug-likeness (QED) is 0.645. The lowest BCUT2D eigenvalue weighted by atomic mass is 10.2. The van der Waals surface area contributed by atoms with Crippen molar-refractivity contribution in [1.82, 2.24) is 15.5 Å². The first-order chi connectivity index (χ1) is 13.7. The molecule has 0 spiro atoms. The summed E-state index contributed by atoms with van der Waals surface area (Å²) in [7, 11) is 0. The summed E-state index contributed by atoms with van der Waals surface area (Å²) in [4.78, 5) is 24.0. The molecule has 0 radical (unpaired) electrons. The second-order valence-corrected chi connectivity index (χ2v) is 5.78. The summed E-state index contributed by atoms with van der Waals surface area (Å²) in [5.74, 6) is 0.497. The SMILES string of the molecule is O=C(CNC(=O)c1ccc2c(c1)OCO2)OCc1nnc(-c2ccccc2)o1. The Bertz CT molecular complexity index is 1000. The van der Waals surface area contributed by atoms with Crippen LogP contribution in [0.5, 0.6) is 11.5 Å². The van der Waals surface area contributed by atoms with Crippen LogP contribution < -0.4 is 14.8 Å². The van der Waals surface area contributed by atoms with Gasteiger partial charge in [0.15, 0.2) is 18.1 Å². The fourth-order valence-electron chi connectivity index (χ4n) is 2.49. The van der Waals surface area contributed by atoms with E-state index >= 15 is 0 Å². The monoisotopic (exact) mass is 381 g/mol. The van der Waals surface area contributed by atoms with Gasteiger partial charge in [0.25, 0.3) is 11.8 Å². The Morgan fingerprint density at radius 1 is 1.04 bits per heavy atom. The molecule has 1 amide bonds. The highest BCUT2D eigenvalue weighted by atomic mass is 16.7. The smallest absolute Gasteiger partial charge is 0.325 e. The van der Waals surface area contributed by atoms with Gasteiger partial charge in [-0.3, -0.25) is 9.59 Å². The third-order valence-corrected chi connectivity index (χ3v) is 3.87. The van der Waals surface area contributed by atoms with Crippen molar-refractivity contribution in [3.63, 3.8) is 0 Å². The van der Waals surface area contributed by atoms with E-state index in [1.54, 1.807) is 18.2 Å². The zero-order chi connectivity index (χ0) is 19.3. The maximum absolute atomic E-state index is 12.1. The fraction of sp³-hybridized carbons (Fsp3) is 0.158. The molecule has 0 aliphatic carbocycles. The lowest BCUT2D eigenvalue weighted by molar-refractivity contribution is -0.144. The van der Waals surface area contributed by atoms with E-state index in [1.807, 2.05) is 30.3 Å². The van der Waals surface area contributed by atoms with Crippen LogP contribution >= 0.6 is 0 Å². The van der Waals surface area contributed by atoms with E-state index in [1.165, 1.54) is 0 Å². The van der Waals surface area contributed by atoms with Gasteiger partial charge in [-0.25, -0.2) is 0 Å². The first-order valence-corrected chi connectivity index (χ1v) is 8.40. The average molecular weight is 381 g/mol. The maximum atomic E-state index is 12.1. The molecule has 0 fully saturated rings. The summed E-state index contributed by atoms with van der Waals surface area (Å²) >= 11 is 0. The number of benzene rings is 2. The molecular weight excluding hydrogens is 366 g/mol. The Hall–Kier alpha value is -3.88. The molecule has 1 aliphatic rings. The minimum absolute atomic E-state index is 0.119. The van der Waals surface area contributed by atoms with Crippen LogP contribution in [-0.2, 0) is 16.1 Å².